The second kappa shape index (κ2) is 8.45. The van der Waals surface area contributed by atoms with Gasteiger partial charge in [0.15, 0.2) is 11.8 Å². The summed E-state index contributed by atoms with van der Waals surface area (Å²) in [7, 11) is 0. The number of hydrogen-bond acceptors (Lipinski definition) is 6. The van der Waals surface area contributed by atoms with E-state index in [-0.39, 0.29) is 23.6 Å². The molecule has 1 aliphatic carbocycles. The fraction of sp³-hybridized carbons (Fsp3) is 0.545. The van der Waals surface area contributed by atoms with Crippen molar-refractivity contribution < 1.29 is 10.2 Å². The number of unbranched alkanes of at least 4 members (excludes halogenated alkanes) is 1. The number of aromatic nitrogens is 3. The van der Waals surface area contributed by atoms with Gasteiger partial charge in [0.2, 0.25) is 5.95 Å². The molecule has 156 valence electrons. The molecule has 3 heterocycles. The molecule has 7 nitrogen and oxygen atoms in total. The van der Waals surface area contributed by atoms with Gasteiger partial charge in [-0.05, 0) is 25.5 Å². The van der Waals surface area contributed by atoms with Gasteiger partial charge in [0.1, 0.15) is 0 Å². The molecule has 2 N–H and O–H groups in total. The standard InChI is InChI=1S/C22H31N5O2/c1-16-6-7-17(2)19-18(16)20(28)27(21(19)29)11-4-3-10-25-12-14-26(15-13-25)22-23-8-5-9-24-22/h5-9,16-17,28-29H,3-4,10-15H2,1-2H3. The first-order valence-electron chi connectivity index (χ1n) is 10.6. The van der Waals surface area contributed by atoms with E-state index in [0.717, 1.165) is 62.6 Å². The summed E-state index contributed by atoms with van der Waals surface area (Å²) < 4.78 is 1.69. The van der Waals surface area contributed by atoms with Gasteiger partial charge in [-0.25, -0.2) is 9.97 Å². The van der Waals surface area contributed by atoms with E-state index in [0.29, 0.717) is 6.54 Å². The third-order valence-corrected chi connectivity index (χ3v) is 6.20. The minimum atomic E-state index is 0.137. The molecule has 1 saturated heterocycles. The minimum Gasteiger partial charge on any atom is -0.494 e. The summed E-state index contributed by atoms with van der Waals surface area (Å²) in [4.78, 5) is 13.4. The van der Waals surface area contributed by atoms with E-state index >= 15 is 0 Å². The lowest BCUT2D eigenvalue weighted by Crippen LogP contribution is -2.47. The second-order valence-electron chi connectivity index (χ2n) is 8.17. The van der Waals surface area contributed by atoms with Gasteiger partial charge >= 0.3 is 0 Å². The number of piperazine rings is 1. The van der Waals surface area contributed by atoms with Crippen LogP contribution >= 0.6 is 0 Å². The predicted molar refractivity (Wildman–Crippen MR) is 114 cm³/mol. The Kier molecular flexibility index (Phi) is 5.76. The summed E-state index contributed by atoms with van der Waals surface area (Å²) in [6.45, 7) is 9.69. The molecule has 29 heavy (non-hydrogen) atoms. The van der Waals surface area contributed by atoms with Crippen molar-refractivity contribution in [2.24, 2.45) is 0 Å². The Morgan fingerprint density at radius 3 is 2.00 bits per heavy atom. The zero-order valence-corrected chi connectivity index (χ0v) is 17.3. The van der Waals surface area contributed by atoms with E-state index in [1.807, 2.05) is 6.07 Å². The zero-order chi connectivity index (χ0) is 20.4. The van der Waals surface area contributed by atoms with Crippen LogP contribution in [0.3, 0.4) is 0 Å². The molecule has 2 atom stereocenters. The van der Waals surface area contributed by atoms with Gasteiger partial charge in [-0.1, -0.05) is 26.0 Å². The van der Waals surface area contributed by atoms with Crippen molar-refractivity contribution in [3.8, 4) is 11.8 Å². The number of allylic oxidation sites excluding steroid dienone is 2. The molecule has 7 heteroatoms. The molecule has 4 rings (SSSR count). The lowest BCUT2D eigenvalue weighted by molar-refractivity contribution is 0.248. The van der Waals surface area contributed by atoms with Crippen LogP contribution in [-0.4, -0.2) is 62.4 Å². The Morgan fingerprint density at radius 2 is 1.41 bits per heavy atom. The highest BCUT2D eigenvalue weighted by atomic mass is 16.3. The summed E-state index contributed by atoms with van der Waals surface area (Å²) in [5.41, 5.74) is 1.77. The molecular weight excluding hydrogens is 366 g/mol. The average molecular weight is 398 g/mol. The van der Waals surface area contributed by atoms with Crippen LogP contribution in [0, 0.1) is 0 Å². The number of rotatable bonds is 6. The van der Waals surface area contributed by atoms with Crippen LogP contribution in [0.15, 0.2) is 30.6 Å². The van der Waals surface area contributed by atoms with Crippen molar-refractivity contribution in [1.82, 2.24) is 19.4 Å². The Bertz CT molecular complexity index is 820. The van der Waals surface area contributed by atoms with Gasteiger partial charge in [0.05, 0.1) is 0 Å². The molecular formula is C22H31N5O2. The van der Waals surface area contributed by atoms with Crippen LogP contribution in [0.1, 0.15) is 49.7 Å². The van der Waals surface area contributed by atoms with E-state index in [9.17, 15) is 10.2 Å². The number of hydrogen-bond donors (Lipinski definition) is 2. The van der Waals surface area contributed by atoms with Crippen molar-refractivity contribution in [1.29, 1.82) is 0 Å². The van der Waals surface area contributed by atoms with Crippen LogP contribution in [0.25, 0.3) is 0 Å². The maximum Gasteiger partial charge on any atom is 0.225 e. The molecule has 0 bridgehead atoms. The van der Waals surface area contributed by atoms with Crippen molar-refractivity contribution in [2.45, 2.75) is 45.1 Å². The van der Waals surface area contributed by atoms with Crippen molar-refractivity contribution in [3.63, 3.8) is 0 Å². The second-order valence-corrected chi connectivity index (χ2v) is 8.17. The fourth-order valence-corrected chi connectivity index (χ4v) is 4.50. The Labute approximate surface area is 172 Å². The smallest absolute Gasteiger partial charge is 0.225 e. The number of anilines is 1. The van der Waals surface area contributed by atoms with Gasteiger partial charge in [-0.15, -0.1) is 0 Å². The summed E-state index contributed by atoms with van der Waals surface area (Å²) >= 11 is 0. The first-order valence-corrected chi connectivity index (χ1v) is 10.6. The molecule has 2 aromatic heterocycles. The Hall–Kier alpha value is -2.54. The normalized spacial score (nSPS) is 22.1. The van der Waals surface area contributed by atoms with E-state index in [4.69, 9.17) is 0 Å². The molecule has 0 radical (unpaired) electrons. The van der Waals surface area contributed by atoms with Gasteiger partial charge in [-0.3, -0.25) is 9.47 Å². The third kappa shape index (κ3) is 3.96. The maximum atomic E-state index is 10.7. The van der Waals surface area contributed by atoms with Crippen LogP contribution in [0.2, 0.25) is 0 Å². The molecule has 2 aliphatic rings. The summed E-state index contributed by atoms with van der Waals surface area (Å²) in [5, 5.41) is 21.3. The number of nitrogens with zero attached hydrogens (tertiary/aromatic N) is 5. The van der Waals surface area contributed by atoms with Crippen LogP contribution in [0.5, 0.6) is 11.8 Å². The zero-order valence-electron chi connectivity index (χ0n) is 17.3. The molecule has 0 spiro atoms. The molecule has 0 amide bonds. The van der Waals surface area contributed by atoms with Gasteiger partial charge < -0.3 is 15.1 Å². The maximum absolute atomic E-state index is 10.7. The molecule has 0 saturated carbocycles. The average Bonchev–Trinajstić information content (AvgIpc) is 3.00. The predicted octanol–water partition coefficient (Wildman–Crippen LogP) is 3.07. The summed E-state index contributed by atoms with van der Waals surface area (Å²) in [6.07, 6.45) is 9.75. The molecule has 2 unspecified atom stereocenters. The summed E-state index contributed by atoms with van der Waals surface area (Å²) in [6, 6.07) is 1.84. The van der Waals surface area contributed by atoms with Crippen molar-refractivity contribution in [3.05, 3.63) is 41.7 Å². The lowest BCUT2D eigenvalue weighted by atomic mass is 9.86. The highest BCUT2D eigenvalue weighted by Crippen LogP contribution is 2.46. The molecule has 1 fully saturated rings. The summed E-state index contributed by atoms with van der Waals surface area (Å²) in [5.74, 6) is 1.56. The molecule has 0 aromatic carbocycles. The van der Waals surface area contributed by atoms with E-state index in [2.05, 4.69) is 45.8 Å². The SMILES string of the molecule is CC1C=CC(C)c2c1c(O)n(CCCCN1CCN(c3ncccn3)CC1)c2O. The minimum absolute atomic E-state index is 0.137. The third-order valence-electron chi connectivity index (χ3n) is 6.20. The molecule has 1 aliphatic heterocycles. The first-order chi connectivity index (χ1) is 14.1. The van der Waals surface area contributed by atoms with Gasteiger partial charge in [0.25, 0.3) is 0 Å². The van der Waals surface area contributed by atoms with Gasteiger partial charge in [-0.2, -0.15) is 0 Å². The Balaban J connectivity index is 1.26. The highest BCUT2D eigenvalue weighted by molar-refractivity contribution is 5.53. The monoisotopic (exact) mass is 397 g/mol. The first kappa shape index (κ1) is 19.8. The van der Waals surface area contributed by atoms with Crippen molar-refractivity contribution in [2.75, 3.05) is 37.6 Å². The fourth-order valence-electron chi connectivity index (χ4n) is 4.50. The van der Waals surface area contributed by atoms with Crippen LogP contribution in [0.4, 0.5) is 5.95 Å². The van der Waals surface area contributed by atoms with Crippen LogP contribution in [-0.2, 0) is 6.54 Å². The van der Waals surface area contributed by atoms with Crippen LogP contribution < -0.4 is 4.90 Å². The number of fused-ring (bicyclic) bond motifs is 1. The van der Waals surface area contributed by atoms with E-state index in [1.54, 1.807) is 17.0 Å². The van der Waals surface area contributed by atoms with Crippen molar-refractivity contribution >= 4 is 5.95 Å². The molecule has 2 aromatic rings. The van der Waals surface area contributed by atoms with Gasteiger partial charge in [0, 0.05) is 68.1 Å². The Morgan fingerprint density at radius 1 is 0.862 bits per heavy atom. The quantitative estimate of drug-likeness (QED) is 0.576. The van der Waals surface area contributed by atoms with E-state index in [1.165, 1.54) is 0 Å². The highest BCUT2D eigenvalue weighted by Gasteiger charge is 2.30. The van der Waals surface area contributed by atoms with E-state index < -0.39 is 0 Å². The lowest BCUT2D eigenvalue weighted by Gasteiger charge is -2.34. The largest absolute Gasteiger partial charge is 0.494 e. The number of aromatic hydroxyl groups is 2. The topological polar surface area (TPSA) is 77.7 Å².